The lowest BCUT2D eigenvalue weighted by Crippen LogP contribution is -2.35. The number of rotatable bonds is 8. The maximum atomic E-state index is 12.4. The predicted octanol–water partition coefficient (Wildman–Crippen LogP) is 4.93. The summed E-state index contributed by atoms with van der Waals surface area (Å²) in [5, 5.41) is 0. The molecule has 0 saturated heterocycles. The van der Waals surface area contributed by atoms with Gasteiger partial charge in [0.1, 0.15) is 13.3 Å². The van der Waals surface area contributed by atoms with Crippen molar-refractivity contribution in [1.29, 1.82) is 0 Å². The van der Waals surface area contributed by atoms with E-state index in [-0.39, 0.29) is 6.09 Å². The predicted molar refractivity (Wildman–Crippen MR) is 122 cm³/mol. The molecule has 1 amide bonds. The van der Waals surface area contributed by atoms with E-state index in [0.717, 1.165) is 36.0 Å². The van der Waals surface area contributed by atoms with Crippen LogP contribution >= 0.6 is 0 Å². The fraction of sp³-hybridized carbons (Fsp3) is 0.478. The van der Waals surface area contributed by atoms with Gasteiger partial charge in [-0.1, -0.05) is 56.0 Å². The summed E-state index contributed by atoms with van der Waals surface area (Å²) < 4.78 is 13.5. The Bertz CT molecular complexity index is 872. The highest BCUT2D eigenvalue weighted by atomic mass is 28.3. The number of imidazole rings is 1. The molecule has 3 rings (SSSR count). The van der Waals surface area contributed by atoms with Gasteiger partial charge in [0.15, 0.2) is 0 Å². The quantitative estimate of drug-likeness (QED) is 0.443. The molecule has 0 atom stereocenters. The second-order valence-corrected chi connectivity index (χ2v) is 14.6. The number of carbonyl (C=O) groups excluding carboxylic acids is 1. The van der Waals surface area contributed by atoms with Crippen LogP contribution in [0.15, 0.2) is 42.7 Å². The second kappa shape index (κ2) is 10.1. The number of hydrogen-bond donors (Lipinski definition) is 0. The number of benzene rings is 1. The Morgan fingerprint density at radius 2 is 1.97 bits per heavy atom. The molecule has 30 heavy (non-hydrogen) atoms. The largest absolute Gasteiger partial charge is 0.445 e. The molecule has 0 unspecified atom stereocenters. The Morgan fingerprint density at radius 3 is 2.63 bits per heavy atom. The van der Waals surface area contributed by atoms with Crippen LogP contribution in [0, 0.1) is 6.92 Å². The topological polar surface area (TPSA) is 56.6 Å². The molecular formula is C23H33N3O3Si. The maximum absolute atomic E-state index is 12.4. The van der Waals surface area contributed by atoms with E-state index in [1.54, 1.807) is 4.90 Å². The maximum Gasteiger partial charge on any atom is 0.410 e. The van der Waals surface area contributed by atoms with Crippen molar-refractivity contribution in [2.45, 2.75) is 52.4 Å². The van der Waals surface area contributed by atoms with Gasteiger partial charge in [-0.25, -0.2) is 9.78 Å². The molecule has 0 radical (unpaired) electrons. The first kappa shape index (κ1) is 22.3. The number of ether oxygens (including phenoxy) is 2. The number of aryl methyl sites for hydroxylation is 1. The zero-order valence-corrected chi connectivity index (χ0v) is 19.6. The summed E-state index contributed by atoms with van der Waals surface area (Å²) in [6.45, 7) is 11.9. The molecule has 1 aromatic heterocycles. The molecule has 2 heterocycles. The van der Waals surface area contributed by atoms with E-state index in [9.17, 15) is 4.79 Å². The van der Waals surface area contributed by atoms with Gasteiger partial charge < -0.3 is 18.9 Å². The van der Waals surface area contributed by atoms with Crippen LogP contribution in [0.25, 0.3) is 5.57 Å². The van der Waals surface area contributed by atoms with Gasteiger partial charge in [0.25, 0.3) is 0 Å². The molecular weight excluding hydrogens is 394 g/mol. The van der Waals surface area contributed by atoms with E-state index < -0.39 is 8.07 Å². The van der Waals surface area contributed by atoms with Crippen LogP contribution in [0.1, 0.15) is 23.4 Å². The standard InChI is InChI=1S/C23H33N3O3Si/c1-19-22(26(17-24-19)18-28-14-15-30(2,3)4)21-10-12-25(13-11-21)23(27)29-16-20-8-6-5-7-9-20/h5-10,17H,11-16,18H2,1-4H3. The lowest BCUT2D eigenvalue weighted by atomic mass is 10.0. The summed E-state index contributed by atoms with van der Waals surface area (Å²) in [6, 6.07) is 10.9. The van der Waals surface area contributed by atoms with E-state index in [4.69, 9.17) is 9.47 Å². The highest BCUT2D eigenvalue weighted by molar-refractivity contribution is 6.76. The lowest BCUT2D eigenvalue weighted by Gasteiger charge is -2.26. The zero-order valence-electron chi connectivity index (χ0n) is 18.6. The van der Waals surface area contributed by atoms with E-state index in [0.29, 0.717) is 26.4 Å². The monoisotopic (exact) mass is 427 g/mol. The van der Waals surface area contributed by atoms with E-state index in [1.165, 1.54) is 5.57 Å². The van der Waals surface area contributed by atoms with Crippen molar-refractivity contribution < 1.29 is 14.3 Å². The number of hydrogen-bond acceptors (Lipinski definition) is 4. The van der Waals surface area contributed by atoms with Gasteiger partial charge in [-0.05, 0) is 30.5 Å². The van der Waals surface area contributed by atoms with E-state index in [1.807, 2.05) is 43.6 Å². The Balaban J connectivity index is 1.54. The molecule has 7 heteroatoms. The third-order valence-electron chi connectivity index (χ3n) is 5.22. The van der Waals surface area contributed by atoms with Crippen molar-refractivity contribution in [1.82, 2.24) is 14.5 Å². The molecule has 0 aliphatic carbocycles. The first-order chi connectivity index (χ1) is 14.3. The minimum Gasteiger partial charge on any atom is -0.445 e. The van der Waals surface area contributed by atoms with Crippen LogP contribution in [-0.4, -0.2) is 48.3 Å². The van der Waals surface area contributed by atoms with Crippen LogP contribution in [0.2, 0.25) is 25.7 Å². The van der Waals surface area contributed by atoms with Crippen LogP contribution in [0.4, 0.5) is 4.79 Å². The number of nitrogens with zero attached hydrogens (tertiary/aromatic N) is 3. The Labute approximate surface area is 180 Å². The second-order valence-electron chi connectivity index (χ2n) is 8.96. The zero-order chi connectivity index (χ0) is 21.6. The average molecular weight is 428 g/mol. The highest BCUT2D eigenvalue weighted by Gasteiger charge is 2.22. The fourth-order valence-corrected chi connectivity index (χ4v) is 4.16. The lowest BCUT2D eigenvalue weighted by molar-refractivity contribution is 0.0862. The van der Waals surface area contributed by atoms with Crippen molar-refractivity contribution in [3.63, 3.8) is 0 Å². The molecule has 6 nitrogen and oxygen atoms in total. The summed E-state index contributed by atoms with van der Waals surface area (Å²) >= 11 is 0. The molecule has 0 bridgehead atoms. The van der Waals surface area contributed by atoms with Gasteiger partial charge >= 0.3 is 6.09 Å². The Hall–Kier alpha value is -2.38. The van der Waals surface area contributed by atoms with Gasteiger partial charge in [-0.3, -0.25) is 0 Å². The van der Waals surface area contributed by atoms with Crippen LogP contribution in [0.3, 0.4) is 0 Å². The highest BCUT2D eigenvalue weighted by Crippen LogP contribution is 2.25. The molecule has 1 aliphatic rings. The fourth-order valence-electron chi connectivity index (χ4n) is 3.40. The molecule has 0 saturated carbocycles. The van der Waals surface area contributed by atoms with Crippen molar-refractivity contribution in [2.75, 3.05) is 19.7 Å². The minimum atomic E-state index is -1.09. The number of amides is 1. The van der Waals surface area contributed by atoms with Gasteiger partial charge in [0, 0.05) is 27.8 Å². The van der Waals surface area contributed by atoms with Gasteiger partial charge in [0.05, 0.1) is 17.7 Å². The molecule has 0 N–H and O–H groups in total. The summed E-state index contributed by atoms with van der Waals surface area (Å²) in [4.78, 5) is 18.6. The van der Waals surface area contributed by atoms with E-state index >= 15 is 0 Å². The average Bonchev–Trinajstić information content (AvgIpc) is 3.10. The summed E-state index contributed by atoms with van der Waals surface area (Å²) in [6.07, 6.45) is 4.46. The molecule has 1 aromatic carbocycles. The van der Waals surface area contributed by atoms with Crippen molar-refractivity contribution >= 4 is 19.7 Å². The summed E-state index contributed by atoms with van der Waals surface area (Å²) in [5.74, 6) is 0. The van der Waals surface area contributed by atoms with Crippen molar-refractivity contribution in [3.8, 4) is 0 Å². The van der Waals surface area contributed by atoms with Crippen molar-refractivity contribution in [2.24, 2.45) is 0 Å². The molecule has 0 fully saturated rings. The van der Waals surface area contributed by atoms with Gasteiger partial charge in [-0.15, -0.1) is 0 Å². The molecule has 2 aromatic rings. The molecule has 0 spiro atoms. The van der Waals surface area contributed by atoms with Crippen molar-refractivity contribution in [3.05, 3.63) is 59.7 Å². The minimum absolute atomic E-state index is 0.269. The molecule has 162 valence electrons. The van der Waals surface area contributed by atoms with Crippen LogP contribution in [-0.2, 0) is 22.8 Å². The third-order valence-corrected chi connectivity index (χ3v) is 6.93. The first-order valence-corrected chi connectivity index (χ1v) is 14.3. The summed E-state index contributed by atoms with van der Waals surface area (Å²) in [7, 11) is -1.09. The summed E-state index contributed by atoms with van der Waals surface area (Å²) in [5.41, 5.74) is 4.31. The Morgan fingerprint density at radius 1 is 1.20 bits per heavy atom. The van der Waals surface area contributed by atoms with Gasteiger partial charge in [0.2, 0.25) is 0 Å². The van der Waals surface area contributed by atoms with Crippen LogP contribution < -0.4 is 0 Å². The normalized spacial score (nSPS) is 14.5. The molecule has 1 aliphatic heterocycles. The smallest absolute Gasteiger partial charge is 0.410 e. The Kier molecular flexibility index (Phi) is 7.50. The van der Waals surface area contributed by atoms with Crippen LogP contribution in [0.5, 0.6) is 0 Å². The number of aromatic nitrogens is 2. The SMILES string of the molecule is Cc1ncn(COCC[Si](C)(C)C)c1C1=CCN(C(=O)OCc2ccccc2)CC1. The number of carbonyl (C=O) groups is 1. The van der Waals surface area contributed by atoms with E-state index in [2.05, 4.69) is 35.3 Å². The van der Waals surface area contributed by atoms with Gasteiger partial charge in [-0.2, -0.15) is 0 Å². The first-order valence-electron chi connectivity index (χ1n) is 10.6. The third kappa shape index (κ3) is 6.31.